The number of hydrogen-bond acceptors (Lipinski definition) is 5. The van der Waals surface area contributed by atoms with Crippen molar-refractivity contribution < 1.29 is 18.1 Å². The Labute approximate surface area is 145 Å². The lowest BCUT2D eigenvalue weighted by Gasteiger charge is -2.22. The summed E-state index contributed by atoms with van der Waals surface area (Å²) in [7, 11) is -3.67. The minimum Gasteiger partial charge on any atom is -0.324 e. The average molecular weight is 363 g/mol. The van der Waals surface area contributed by atoms with Crippen molar-refractivity contribution in [3.05, 3.63) is 64.2 Å². The number of benzene rings is 2. The number of nitrogens with one attached hydrogen (secondary N) is 1. The third-order valence-electron chi connectivity index (χ3n) is 3.44. The van der Waals surface area contributed by atoms with Crippen LogP contribution in [0.3, 0.4) is 0 Å². The van der Waals surface area contributed by atoms with E-state index in [1.807, 2.05) is 0 Å². The molecule has 2 rings (SSSR count). The van der Waals surface area contributed by atoms with Crippen molar-refractivity contribution in [1.29, 1.82) is 0 Å². The fourth-order valence-electron chi connectivity index (χ4n) is 2.17. The van der Waals surface area contributed by atoms with E-state index in [1.165, 1.54) is 18.2 Å². The van der Waals surface area contributed by atoms with Crippen LogP contribution >= 0.6 is 0 Å². The molecule has 132 valence electrons. The lowest BCUT2D eigenvalue weighted by Crippen LogP contribution is -2.37. The highest BCUT2D eigenvalue weighted by Gasteiger charge is 2.21. The Bertz CT molecular complexity index is 897. The molecule has 0 bridgehead atoms. The molecule has 0 atom stereocenters. The van der Waals surface area contributed by atoms with Crippen molar-refractivity contribution in [2.75, 3.05) is 22.4 Å². The molecule has 0 saturated heterocycles. The van der Waals surface area contributed by atoms with E-state index in [2.05, 4.69) is 5.32 Å². The summed E-state index contributed by atoms with van der Waals surface area (Å²) >= 11 is 0. The maximum absolute atomic E-state index is 12.3. The molecule has 0 saturated carbocycles. The van der Waals surface area contributed by atoms with Gasteiger partial charge in [-0.3, -0.25) is 19.2 Å². The third-order valence-corrected chi connectivity index (χ3v) is 4.58. The van der Waals surface area contributed by atoms with Gasteiger partial charge in [-0.05, 0) is 24.6 Å². The predicted octanol–water partition coefficient (Wildman–Crippen LogP) is 2.31. The zero-order chi connectivity index (χ0) is 18.6. The highest BCUT2D eigenvalue weighted by atomic mass is 32.2. The highest BCUT2D eigenvalue weighted by Crippen LogP contribution is 2.22. The van der Waals surface area contributed by atoms with Crippen LogP contribution in [0, 0.1) is 17.0 Å². The summed E-state index contributed by atoms with van der Waals surface area (Å²) in [6.45, 7) is 1.25. The summed E-state index contributed by atoms with van der Waals surface area (Å²) in [5, 5.41) is 13.4. The van der Waals surface area contributed by atoms with Crippen molar-refractivity contribution in [2.24, 2.45) is 0 Å². The number of para-hydroxylation sites is 1. The van der Waals surface area contributed by atoms with Gasteiger partial charge in [0.15, 0.2) is 0 Å². The van der Waals surface area contributed by atoms with Gasteiger partial charge in [-0.15, -0.1) is 0 Å². The van der Waals surface area contributed by atoms with Gasteiger partial charge in [0.1, 0.15) is 6.54 Å². The average Bonchev–Trinajstić information content (AvgIpc) is 2.54. The third kappa shape index (κ3) is 4.77. The number of sulfonamides is 1. The quantitative estimate of drug-likeness (QED) is 0.625. The molecule has 1 amide bonds. The van der Waals surface area contributed by atoms with E-state index >= 15 is 0 Å². The second-order valence-corrected chi connectivity index (χ2v) is 7.32. The Kier molecular flexibility index (Phi) is 5.38. The smallest absolute Gasteiger partial charge is 0.271 e. The first-order valence-corrected chi connectivity index (χ1v) is 9.11. The van der Waals surface area contributed by atoms with E-state index in [9.17, 15) is 23.3 Å². The molecule has 0 heterocycles. The van der Waals surface area contributed by atoms with E-state index in [-0.39, 0.29) is 11.4 Å². The van der Waals surface area contributed by atoms with Crippen molar-refractivity contribution in [3.63, 3.8) is 0 Å². The number of anilines is 2. The minimum absolute atomic E-state index is 0.163. The molecule has 0 radical (unpaired) electrons. The molecule has 0 aliphatic carbocycles. The number of carbonyl (C=O) groups is 1. The second-order valence-electron chi connectivity index (χ2n) is 5.41. The van der Waals surface area contributed by atoms with E-state index < -0.39 is 27.4 Å². The lowest BCUT2D eigenvalue weighted by atomic mass is 10.2. The minimum atomic E-state index is -3.67. The lowest BCUT2D eigenvalue weighted by molar-refractivity contribution is -0.384. The van der Waals surface area contributed by atoms with Gasteiger partial charge in [-0.25, -0.2) is 8.42 Å². The van der Waals surface area contributed by atoms with Crippen LogP contribution < -0.4 is 9.62 Å². The predicted molar refractivity (Wildman–Crippen MR) is 95.1 cm³/mol. The number of carbonyl (C=O) groups excluding carboxylic acids is 1. The summed E-state index contributed by atoms with van der Waals surface area (Å²) in [6.07, 6.45) is 1.01. The number of nitro benzene ring substituents is 1. The zero-order valence-corrected chi connectivity index (χ0v) is 14.5. The number of aryl methyl sites for hydroxylation is 1. The summed E-state index contributed by atoms with van der Waals surface area (Å²) in [6, 6.07) is 12.3. The molecule has 2 aromatic rings. The van der Waals surface area contributed by atoms with Crippen LogP contribution in [0.4, 0.5) is 17.1 Å². The number of rotatable bonds is 6. The summed E-state index contributed by atoms with van der Waals surface area (Å²) in [4.78, 5) is 22.6. The molecule has 25 heavy (non-hydrogen) atoms. The van der Waals surface area contributed by atoms with Crippen LogP contribution in [-0.4, -0.2) is 32.0 Å². The molecular formula is C16H17N3O5S. The largest absolute Gasteiger partial charge is 0.324 e. The molecule has 1 N–H and O–H groups in total. The van der Waals surface area contributed by atoms with Crippen LogP contribution in [0.25, 0.3) is 0 Å². The molecule has 8 nitrogen and oxygen atoms in total. The Morgan fingerprint density at radius 3 is 2.40 bits per heavy atom. The van der Waals surface area contributed by atoms with Gasteiger partial charge in [0, 0.05) is 12.1 Å². The number of amides is 1. The molecule has 0 spiro atoms. The molecule has 0 unspecified atom stereocenters. The Hall–Kier alpha value is -2.94. The van der Waals surface area contributed by atoms with Crippen LogP contribution in [0.15, 0.2) is 48.5 Å². The van der Waals surface area contributed by atoms with E-state index in [0.29, 0.717) is 11.3 Å². The first-order valence-electron chi connectivity index (χ1n) is 7.26. The molecule has 2 aromatic carbocycles. The van der Waals surface area contributed by atoms with Crippen LogP contribution in [0.1, 0.15) is 5.56 Å². The SMILES string of the molecule is Cc1ccc([N+](=O)[O-])cc1NC(=O)CN(c1ccccc1)S(C)(=O)=O. The van der Waals surface area contributed by atoms with Crippen LogP contribution in [0.2, 0.25) is 0 Å². The standard InChI is InChI=1S/C16H17N3O5S/c1-12-8-9-14(19(21)22)10-15(12)17-16(20)11-18(25(2,23)24)13-6-4-3-5-7-13/h3-10H,11H2,1-2H3,(H,17,20). The monoisotopic (exact) mass is 363 g/mol. The molecule has 9 heteroatoms. The maximum Gasteiger partial charge on any atom is 0.271 e. The zero-order valence-electron chi connectivity index (χ0n) is 13.7. The van der Waals surface area contributed by atoms with E-state index in [0.717, 1.165) is 10.6 Å². The molecular weight excluding hydrogens is 346 g/mol. The van der Waals surface area contributed by atoms with E-state index in [1.54, 1.807) is 37.3 Å². The Balaban J connectivity index is 2.23. The second kappa shape index (κ2) is 7.31. The fourth-order valence-corrected chi connectivity index (χ4v) is 3.03. The van der Waals surface area contributed by atoms with Crippen LogP contribution in [-0.2, 0) is 14.8 Å². The number of hydrogen-bond donors (Lipinski definition) is 1. The van der Waals surface area contributed by atoms with E-state index in [4.69, 9.17) is 0 Å². The van der Waals surface area contributed by atoms with Gasteiger partial charge in [0.05, 0.1) is 22.6 Å². The number of non-ortho nitro benzene ring substituents is 1. The topological polar surface area (TPSA) is 110 Å². The summed E-state index contributed by atoms with van der Waals surface area (Å²) in [5.41, 5.74) is 1.09. The Morgan fingerprint density at radius 1 is 1.20 bits per heavy atom. The van der Waals surface area contributed by atoms with Gasteiger partial charge in [-0.1, -0.05) is 24.3 Å². The normalized spacial score (nSPS) is 11.0. The van der Waals surface area contributed by atoms with Gasteiger partial charge in [0.2, 0.25) is 15.9 Å². The first kappa shape index (κ1) is 18.4. The maximum atomic E-state index is 12.3. The van der Waals surface area contributed by atoms with Gasteiger partial charge in [0.25, 0.3) is 5.69 Å². The van der Waals surface area contributed by atoms with Gasteiger partial charge < -0.3 is 5.32 Å². The molecule has 0 fully saturated rings. The summed E-state index contributed by atoms with van der Waals surface area (Å²) < 4.78 is 24.9. The molecule has 0 aromatic heterocycles. The van der Waals surface area contributed by atoms with Gasteiger partial charge >= 0.3 is 0 Å². The fraction of sp³-hybridized carbons (Fsp3) is 0.188. The number of nitrogens with zero attached hydrogens (tertiary/aromatic N) is 2. The number of nitro groups is 1. The molecule has 0 aliphatic rings. The first-order chi connectivity index (χ1) is 11.7. The van der Waals surface area contributed by atoms with Crippen molar-refractivity contribution >= 4 is 33.0 Å². The van der Waals surface area contributed by atoms with Crippen molar-refractivity contribution in [1.82, 2.24) is 0 Å². The van der Waals surface area contributed by atoms with Crippen molar-refractivity contribution in [2.45, 2.75) is 6.92 Å². The highest BCUT2D eigenvalue weighted by molar-refractivity contribution is 7.92. The van der Waals surface area contributed by atoms with Crippen LogP contribution in [0.5, 0.6) is 0 Å². The van der Waals surface area contributed by atoms with Gasteiger partial charge in [-0.2, -0.15) is 0 Å². The molecule has 0 aliphatic heterocycles. The summed E-state index contributed by atoms with van der Waals surface area (Å²) in [5.74, 6) is -0.599. The Morgan fingerprint density at radius 2 is 1.84 bits per heavy atom. The van der Waals surface area contributed by atoms with Crippen molar-refractivity contribution in [3.8, 4) is 0 Å².